The van der Waals surface area contributed by atoms with Gasteiger partial charge in [0, 0.05) is 17.7 Å². The summed E-state index contributed by atoms with van der Waals surface area (Å²) >= 11 is 0. The second-order valence-electron chi connectivity index (χ2n) is 12.6. The van der Waals surface area contributed by atoms with Crippen LogP contribution in [-0.2, 0) is 0 Å². The first-order chi connectivity index (χ1) is 17.9. The number of fused-ring (bicyclic) bond motifs is 5. The van der Waals surface area contributed by atoms with Crippen LogP contribution in [0.15, 0.2) is 48.0 Å². The van der Waals surface area contributed by atoms with E-state index in [1.54, 1.807) is 5.57 Å². The third-order valence-corrected chi connectivity index (χ3v) is 10.9. The first kappa shape index (κ1) is 24.7. The van der Waals surface area contributed by atoms with Gasteiger partial charge in [-0.1, -0.05) is 37.6 Å². The van der Waals surface area contributed by atoms with E-state index in [2.05, 4.69) is 32.1 Å². The van der Waals surface area contributed by atoms with E-state index in [9.17, 15) is 10.4 Å². The number of nitriles is 1. The van der Waals surface area contributed by atoms with E-state index in [-0.39, 0.29) is 16.9 Å². The predicted octanol–water partition coefficient (Wildman–Crippen LogP) is 7.43. The quantitative estimate of drug-likeness (QED) is 0.447. The zero-order valence-corrected chi connectivity index (χ0v) is 22.5. The Labute approximate surface area is 221 Å². The van der Waals surface area contributed by atoms with Crippen molar-refractivity contribution in [2.45, 2.75) is 84.2 Å². The number of rotatable bonds is 4. The van der Waals surface area contributed by atoms with Gasteiger partial charge in [0.15, 0.2) is 0 Å². The summed E-state index contributed by atoms with van der Waals surface area (Å²) in [5.41, 5.74) is 6.14. The molecular formula is C33H40N2O2. The molecule has 1 aromatic carbocycles. The van der Waals surface area contributed by atoms with Crippen molar-refractivity contribution in [3.8, 4) is 23.1 Å². The Morgan fingerprint density at radius 1 is 1.03 bits per heavy atom. The minimum atomic E-state index is -0.144. The normalized spacial score (nSPS) is 36.5. The number of allylic oxidation sites excluding steroid dienone is 1. The van der Waals surface area contributed by atoms with E-state index >= 15 is 0 Å². The molecule has 0 spiro atoms. The highest BCUT2D eigenvalue weighted by Crippen LogP contribution is 2.68. The van der Waals surface area contributed by atoms with Crippen molar-refractivity contribution < 1.29 is 9.84 Å². The van der Waals surface area contributed by atoms with Gasteiger partial charge in [-0.2, -0.15) is 5.26 Å². The summed E-state index contributed by atoms with van der Waals surface area (Å²) in [4.78, 5) is 5.08. The molecule has 0 aliphatic heterocycles. The van der Waals surface area contributed by atoms with Crippen molar-refractivity contribution >= 4 is 0 Å². The number of aliphatic hydroxyl groups excluding tert-OH is 1. The van der Waals surface area contributed by atoms with Gasteiger partial charge < -0.3 is 9.84 Å². The molecule has 37 heavy (non-hydrogen) atoms. The number of hydrogen-bond donors (Lipinski definition) is 1. The Morgan fingerprint density at radius 2 is 1.84 bits per heavy atom. The third-order valence-electron chi connectivity index (χ3n) is 10.9. The molecule has 7 atom stereocenters. The molecule has 4 aliphatic carbocycles. The second-order valence-corrected chi connectivity index (χ2v) is 12.6. The van der Waals surface area contributed by atoms with Crippen molar-refractivity contribution in [2.75, 3.05) is 6.61 Å². The second kappa shape index (κ2) is 9.28. The lowest BCUT2D eigenvalue weighted by atomic mass is 9.47. The first-order valence-corrected chi connectivity index (χ1v) is 14.4. The number of aromatic nitrogens is 1. The number of nitrogens with zero attached hydrogens (tertiary/aromatic N) is 2. The van der Waals surface area contributed by atoms with E-state index in [4.69, 9.17) is 9.72 Å². The van der Waals surface area contributed by atoms with Crippen molar-refractivity contribution in [2.24, 2.45) is 28.6 Å². The first-order valence-electron chi connectivity index (χ1n) is 14.4. The van der Waals surface area contributed by atoms with E-state index < -0.39 is 0 Å². The molecule has 1 aromatic heterocycles. The van der Waals surface area contributed by atoms with Gasteiger partial charge in [0.25, 0.3) is 0 Å². The van der Waals surface area contributed by atoms with Gasteiger partial charge in [0.1, 0.15) is 0 Å². The molecular weight excluding hydrogens is 456 g/mol. The average molecular weight is 497 g/mol. The summed E-state index contributed by atoms with van der Waals surface area (Å²) in [6.07, 6.45) is 11.5. The van der Waals surface area contributed by atoms with Gasteiger partial charge in [-0.15, -0.1) is 0 Å². The number of hydrogen-bond acceptors (Lipinski definition) is 4. The molecule has 194 valence electrons. The summed E-state index contributed by atoms with van der Waals surface area (Å²) in [5, 5.41) is 19.5. The van der Waals surface area contributed by atoms with Crippen LogP contribution in [0.1, 0.15) is 89.3 Å². The Hall–Kier alpha value is -2.64. The molecule has 0 unspecified atom stereocenters. The fourth-order valence-electron chi connectivity index (χ4n) is 8.96. The lowest BCUT2D eigenvalue weighted by Gasteiger charge is -2.58. The Bertz CT molecular complexity index is 1240. The smallest absolute Gasteiger partial charge is 0.214 e. The lowest BCUT2D eigenvalue weighted by molar-refractivity contribution is -0.0412. The Balaban J connectivity index is 1.33. The largest absolute Gasteiger partial charge is 0.478 e. The molecule has 4 heteroatoms. The maximum atomic E-state index is 10.3. The molecule has 0 bridgehead atoms. The molecule has 1 N–H and O–H groups in total. The van der Waals surface area contributed by atoms with Gasteiger partial charge in [-0.3, -0.25) is 0 Å². The standard InChI is InChI=1S/C33H40N2O2/c1-4-37-31-18-23(22-7-5-21(20-34)6-8-22)17-30(35-31)29-12-11-27-26-10-9-24-19-25(36)13-15-32(24,2)28(26)14-16-33(27,29)3/h5-9,17-18,25-29,36H,4,10-16,19H2,1-3H3/t25-,26-,27-,28-,29+,32-,33-/m0/s1. The fraction of sp³-hybridized carbons (Fsp3) is 0.576. The predicted molar refractivity (Wildman–Crippen MR) is 146 cm³/mol. The number of ether oxygens (including phenoxy) is 1. The molecule has 4 aliphatic rings. The number of aliphatic hydroxyl groups is 1. The number of benzene rings is 1. The molecule has 4 nitrogen and oxygen atoms in total. The zero-order chi connectivity index (χ0) is 25.8. The van der Waals surface area contributed by atoms with Crippen LogP contribution in [0.2, 0.25) is 0 Å². The van der Waals surface area contributed by atoms with E-state index in [1.807, 2.05) is 37.3 Å². The van der Waals surface area contributed by atoms with Gasteiger partial charge in [-0.05, 0) is 116 Å². The summed E-state index contributed by atoms with van der Waals surface area (Å²) in [7, 11) is 0. The van der Waals surface area contributed by atoms with Crippen molar-refractivity contribution in [1.82, 2.24) is 4.98 Å². The molecule has 0 saturated heterocycles. The minimum Gasteiger partial charge on any atom is -0.478 e. The topological polar surface area (TPSA) is 66.1 Å². The fourth-order valence-corrected chi connectivity index (χ4v) is 8.96. The summed E-state index contributed by atoms with van der Waals surface area (Å²) in [5.74, 6) is 3.34. The van der Waals surface area contributed by atoms with Gasteiger partial charge >= 0.3 is 0 Å². The van der Waals surface area contributed by atoms with Crippen LogP contribution in [0.5, 0.6) is 5.88 Å². The summed E-state index contributed by atoms with van der Waals surface area (Å²) in [6.45, 7) is 7.67. The Morgan fingerprint density at radius 3 is 2.59 bits per heavy atom. The highest BCUT2D eigenvalue weighted by atomic mass is 16.5. The van der Waals surface area contributed by atoms with Gasteiger partial charge in [-0.25, -0.2) is 4.98 Å². The molecule has 0 radical (unpaired) electrons. The van der Waals surface area contributed by atoms with Crippen molar-refractivity contribution in [1.29, 1.82) is 5.26 Å². The molecule has 3 fully saturated rings. The summed E-state index contributed by atoms with van der Waals surface area (Å²) < 4.78 is 5.96. The lowest BCUT2D eigenvalue weighted by Crippen LogP contribution is -2.50. The van der Waals surface area contributed by atoms with E-state index in [1.165, 1.54) is 37.8 Å². The van der Waals surface area contributed by atoms with Crippen LogP contribution in [0, 0.1) is 39.9 Å². The molecule has 0 amide bonds. The zero-order valence-electron chi connectivity index (χ0n) is 22.5. The summed E-state index contributed by atoms with van der Waals surface area (Å²) in [6, 6.07) is 14.4. The van der Waals surface area contributed by atoms with Gasteiger partial charge in [0.05, 0.1) is 24.3 Å². The molecule has 3 saturated carbocycles. The monoisotopic (exact) mass is 496 g/mol. The Kier molecular flexibility index (Phi) is 6.19. The maximum Gasteiger partial charge on any atom is 0.214 e. The van der Waals surface area contributed by atoms with Crippen LogP contribution < -0.4 is 4.74 Å². The third kappa shape index (κ3) is 4.02. The van der Waals surface area contributed by atoms with Gasteiger partial charge in [0.2, 0.25) is 5.88 Å². The van der Waals surface area contributed by atoms with Crippen molar-refractivity contribution in [3.05, 3.63) is 59.3 Å². The molecule has 6 rings (SSSR count). The molecule has 1 heterocycles. The number of pyridine rings is 1. The van der Waals surface area contributed by atoms with E-state index in [0.29, 0.717) is 29.9 Å². The van der Waals surface area contributed by atoms with Crippen LogP contribution in [0.3, 0.4) is 0 Å². The van der Waals surface area contributed by atoms with E-state index in [0.717, 1.165) is 42.2 Å². The molecule has 2 aromatic rings. The highest BCUT2D eigenvalue weighted by Gasteiger charge is 2.59. The highest BCUT2D eigenvalue weighted by molar-refractivity contribution is 5.66. The van der Waals surface area contributed by atoms with Crippen LogP contribution >= 0.6 is 0 Å². The van der Waals surface area contributed by atoms with Crippen LogP contribution in [0.4, 0.5) is 0 Å². The maximum absolute atomic E-state index is 10.3. The SMILES string of the molecule is CCOc1cc(-c2ccc(C#N)cc2)cc([C@H]2CC[C@H]3[C@@H]4CC=C5C[C@@H](O)CC[C@]5(C)[C@H]4CC[C@]23C)n1. The van der Waals surface area contributed by atoms with Crippen LogP contribution in [0.25, 0.3) is 11.1 Å². The van der Waals surface area contributed by atoms with Crippen LogP contribution in [-0.4, -0.2) is 22.8 Å². The van der Waals surface area contributed by atoms with Crippen molar-refractivity contribution in [3.63, 3.8) is 0 Å². The minimum absolute atomic E-state index is 0.144. The average Bonchev–Trinajstić information content (AvgIpc) is 3.26.